The van der Waals surface area contributed by atoms with E-state index in [0.717, 1.165) is 5.56 Å². The lowest BCUT2D eigenvalue weighted by molar-refractivity contribution is 0.0486. The van der Waals surface area contributed by atoms with Crippen LogP contribution < -0.4 is 0 Å². The lowest BCUT2D eigenvalue weighted by atomic mass is 9.78. The van der Waals surface area contributed by atoms with Gasteiger partial charge in [-0.3, -0.25) is 19.3 Å². The zero-order valence-corrected chi connectivity index (χ0v) is 16.4. The molecule has 0 saturated carbocycles. The highest BCUT2D eigenvalue weighted by molar-refractivity contribution is 6.21. The number of likely N-dealkylation sites (N-methyl/N-ethyl adjacent to an activating group) is 1. The zero-order valence-electron chi connectivity index (χ0n) is 16.4. The van der Waals surface area contributed by atoms with E-state index in [4.69, 9.17) is 0 Å². The lowest BCUT2D eigenvalue weighted by Gasteiger charge is -2.45. The molecule has 0 N–H and O–H groups in total. The van der Waals surface area contributed by atoms with Crippen molar-refractivity contribution in [3.8, 4) is 0 Å². The maximum atomic E-state index is 13.0. The Morgan fingerprint density at radius 3 is 1.89 bits per heavy atom. The fraction of sp³-hybridized carbons (Fsp3) is 0.348. The summed E-state index contributed by atoms with van der Waals surface area (Å²) >= 11 is 0. The third-order valence-electron chi connectivity index (χ3n) is 5.90. The predicted octanol–water partition coefficient (Wildman–Crippen LogP) is 3.57. The molecule has 2 aliphatic rings. The first kappa shape index (κ1) is 18.4. The number of carbonyl (C=O) groups excluding carboxylic acids is 3. The first-order valence-corrected chi connectivity index (χ1v) is 9.80. The summed E-state index contributed by atoms with van der Waals surface area (Å²) in [5.41, 5.74) is 2.51. The maximum Gasteiger partial charge on any atom is 0.261 e. The quantitative estimate of drug-likeness (QED) is 0.767. The van der Waals surface area contributed by atoms with Crippen LogP contribution in [-0.4, -0.2) is 46.7 Å². The molecule has 0 aliphatic carbocycles. The third kappa shape index (κ3) is 2.65. The Labute approximate surface area is 164 Å². The monoisotopic (exact) mass is 376 g/mol. The van der Waals surface area contributed by atoms with E-state index in [1.54, 1.807) is 24.3 Å². The highest BCUT2D eigenvalue weighted by atomic mass is 16.2. The molecule has 2 aliphatic heterocycles. The van der Waals surface area contributed by atoms with Crippen LogP contribution in [0.3, 0.4) is 0 Å². The van der Waals surface area contributed by atoms with Crippen molar-refractivity contribution in [1.29, 1.82) is 0 Å². The second kappa shape index (κ2) is 6.89. The molecule has 5 heteroatoms. The first-order chi connectivity index (χ1) is 13.5. The smallest absolute Gasteiger partial charge is 0.261 e. The third-order valence-corrected chi connectivity index (χ3v) is 5.90. The highest BCUT2D eigenvalue weighted by Crippen LogP contribution is 2.38. The van der Waals surface area contributed by atoms with Gasteiger partial charge in [0.2, 0.25) is 0 Å². The van der Waals surface area contributed by atoms with Crippen molar-refractivity contribution >= 4 is 17.7 Å². The summed E-state index contributed by atoms with van der Waals surface area (Å²) in [7, 11) is 0. The molecule has 3 amide bonds. The number of rotatable bonds is 4. The van der Waals surface area contributed by atoms with Crippen molar-refractivity contribution in [2.75, 3.05) is 13.1 Å². The summed E-state index contributed by atoms with van der Waals surface area (Å²) in [5.74, 6) is -0.398. The molecule has 28 heavy (non-hydrogen) atoms. The van der Waals surface area contributed by atoms with Gasteiger partial charge < -0.3 is 4.90 Å². The molecular formula is C23H24N2O3. The summed E-state index contributed by atoms with van der Waals surface area (Å²) in [6.45, 7) is 7.01. The van der Waals surface area contributed by atoms with Crippen LogP contribution in [0.15, 0.2) is 48.5 Å². The van der Waals surface area contributed by atoms with Gasteiger partial charge in [0.05, 0.1) is 11.1 Å². The summed E-state index contributed by atoms with van der Waals surface area (Å²) in [6, 6.07) is 14.5. The average Bonchev–Trinajstić information content (AvgIpc) is 2.94. The summed E-state index contributed by atoms with van der Waals surface area (Å²) in [5, 5.41) is 0. The number of imide groups is 1. The van der Waals surface area contributed by atoms with Gasteiger partial charge in [-0.2, -0.15) is 0 Å². The molecule has 2 heterocycles. The lowest BCUT2D eigenvalue weighted by Crippen LogP contribution is -2.53. The highest BCUT2D eigenvalue weighted by Gasteiger charge is 2.44. The van der Waals surface area contributed by atoms with Gasteiger partial charge in [0, 0.05) is 30.6 Å². The number of carbonyl (C=O) groups is 3. The summed E-state index contributed by atoms with van der Waals surface area (Å²) in [4.78, 5) is 42.1. The minimum Gasteiger partial charge on any atom is -0.335 e. The molecule has 0 bridgehead atoms. The van der Waals surface area contributed by atoms with Crippen molar-refractivity contribution in [2.45, 2.75) is 32.7 Å². The van der Waals surface area contributed by atoms with E-state index in [9.17, 15) is 14.4 Å². The van der Waals surface area contributed by atoms with Gasteiger partial charge in [-0.05, 0) is 36.6 Å². The van der Waals surface area contributed by atoms with Crippen molar-refractivity contribution in [3.63, 3.8) is 0 Å². The Balaban J connectivity index is 1.77. The van der Waals surface area contributed by atoms with E-state index < -0.39 is 0 Å². The fourth-order valence-electron chi connectivity index (χ4n) is 4.69. The minimum atomic E-state index is -0.250. The second-order valence-electron chi connectivity index (χ2n) is 7.79. The predicted molar refractivity (Wildman–Crippen MR) is 106 cm³/mol. The molecule has 0 unspecified atom stereocenters. The van der Waals surface area contributed by atoms with Crippen molar-refractivity contribution in [2.24, 2.45) is 5.92 Å². The Morgan fingerprint density at radius 1 is 0.821 bits per heavy atom. The Bertz CT molecular complexity index is 931. The van der Waals surface area contributed by atoms with Crippen LogP contribution in [0.2, 0.25) is 0 Å². The Hall–Kier alpha value is -2.95. The number of benzene rings is 2. The Kier molecular flexibility index (Phi) is 4.53. The summed E-state index contributed by atoms with van der Waals surface area (Å²) in [6.07, 6.45) is 0. The van der Waals surface area contributed by atoms with Gasteiger partial charge in [0.25, 0.3) is 17.7 Å². The van der Waals surface area contributed by atoms with Crippen LogP contribution in [0, 0.1) is 5.92 Å². The number of hydrogen-bond donors (Lipinski definition) is 0. The second-order valence-corrected chi connectivity index (χ2v) is 7.79. The van der Waals surface area contributed by atoms with Gasteiger partial charge in [-0.25, -0.2) is 0 Å². The molecule has 5 nitrogen and oxygen atoms in total. The molecule has 0 fully saturated rings. The molecular weight excluding hydrogens is 352 g/mol. The van der Waals surface area contributed by atoms with Gasteiger partial charge in [-0.1, -0.05) is 44.2 Å². The van der Waals surface area contributed by atoms with Crippen molar-refractivity contribution in [1.82, 2.24) is 9.80 Å². The van der Waals surface area contributed by atoms with Crippen LogP contribution in [0.1, 0.15) is 63.3 Å². The Morgan fingerprint density at radius 2 is 1.36 bits per heavy atom. The van der Waals surface area contributed by atoms with E-state index in [0.29, 0.717) is 23.2 Å². The SMILES string of the molecule is CCN1C(=O)c2ccccc2[C@@H](CN2C(=O)c3ccccc3C2=O)[C@@H]1C(C)C. The zero-order chi connectivity index (χ0) is 20.0. The molecule has 2 aromatic rings. The first-order valence-electron chi connectivity index (χ1n) is 9.80. The number of nitrogens with zero attached hydrogens (tertiary/aromatic N) is 2. The van der Waals surface area contributed by atoms with Gasteiger partial charge in [-0.15, -0.1) is 0 Å². The van der Waals surface area contributed by atoms with Crippen LogP contribution in [0.4, 0.5) is 0 Å². The molecule has 0 aromatic heterocycles. The van der Waals surface area contributed by atoms with E-state index in [-0.39, 0.29) is 42.1 Å². The maximum absolute atomic E-state index is 13.0. The van der Waals surface area contributed by atoms with Crippen LogP contribution in [-0.2, 0) is 0 Å². The topological polar surface area (TPSA) is 57.7 Å². The molecule has 4 rings (SSSR count). The van der Waals surface area contributed by atoms with Gasteiger partial charge >= 0.3 is 0 Å². The van der Waals surface area contributed by atoms with E-state index >= 15 is 0 Å². The van der Waals surface area contributed by atoms with E-state index in [2.05, 4.69) is 13.8 Å². The molecule has 2 atom stereocenters. The van der Waals surface area contributed by atoms with Crippen molar-refractivity contribution in [3.05, 3.63) is 70.8 Å². The summed E-state index contributed by atoms with van der Waals surface area (Å²) < 4.78 is 0. The molecule has 0 saturated heterocycles. The molecule has 2 aromatic carbocycles. The molecule has 0 spiro atoms. The largest absolute Gasteiger partial charge is 0.335 e. The molecule has 144 valence electrons. The van der Waals surface area contributed by atoms with Crippen LogP contribution >= 0.6 is 0 Å². The number of amides is 3. The van der Waals surface area contributed by atoms with Crippen LogP contribution in [0.25, 0.3) is 0 Å². The van der Waals surface area contributed by atoms with E-state index in [1.807, 2.05) is 36.1 Å². The van der Waals surface area contributed by atoms with Crippen LogP contribution in [0.5, 0.6) is 0 Å². The molecule has 0 radical (unpaired) electrons. The standard InChI is InChI=1S/C23H24N2O3/c1-4-24-20(14(2)3)19(15-9-5-6-10-16(15)21(24)26)13-25-22(27)17-11-7-8-12-18(17)23(25)28/h5-12,14,19-20H,4,13H2,1-3H3/t19-,20+/m1/s1. The fourth-order valence-corrected chi connectivity index (χ4v) is 4.69. The van der Waals surface area contributed by atoms with Gasteiger partial charge in [0.1, 0.15) is 0 Å². The number of fused-ring (bicyclic) bond motifs is 2. The minimum absolute atomic E-state index is 0.0235. The normalized spacial score (nSPS) is 21.4. The van der Waals surface area contributed by atoms with Crippen molar-refractivity contribution < 1.29 is 14.4 Å². The number of hydrogen-bond acceptors (Lipinski definition) is 3. The van der Waals surface area contributed by atoms with E-state index in [1.165, 1.54) is 4.90 Å². The van der Waals surface area contributed by atoms with Gasteiger partial charge in [0.15, 0.2) is 0 Å². The average molecular weight is 376 g/mol.